The van der Waals surface area contributed by atoms with Crippen LogP contribution in [0.3, 0.4) is 0 Å². The number of carbonyl (C=O) groups is 2. The molecule has 40 heavy (non-hydrogen) atoms. The van der Waals surface area contributed by atoms with Crippen LogP contribution in [0, 0.1) is 11.7 Å². The summed E-state index contributed by atoms with van der Waals surface area (Å²) < 4.78 is 19.3. The number of ether oxygens (including phenoxy) is 1. The quantitative estimate of drug-likeness (QED) is 0.381. The van der Waals surface area contributed by atoms with Crippen LogP contribution in [-0.4, -0.2) is 86.3 Å². The lowest BCUT2D eigenvalue weighted by atomic mass is 9.83. The van der Waals surface area contributed by atoms with Gasteiger partial charge in [0.25, 0.3) is 5.91 Å². The molecule has 1 N–H and O–H groups in total. The van der Waals surface area contributed by atoms with E-state index in [1.165, 1.54) is 6.07 Å². The molecule has 2 amide bonds. The second kappa shape index (κ2) is 13.1. The molecule has 9 heteroatoms. The van der Waals surface area contributed by atoms with E-state index < -0.39 is 0 Å². The Kier molecular flexibility index (Phi) is 9.32. The molecule has 3 aliphatic rings. The number of thioether (sulfide) groups is 1. The molecule has 3 fully saturated rings. The normalized spacial score (nSPS) is 24.6. The van der Waals surface area contributed by atoms with Crippen molar-refractivity contribution in [3.8, 4) is 5.75 Å². The molecular formula is C31H39FN4O3S. The molecule has 3 unspecified atom stereocenters. The third kappa shape index (κ3) is 6.63. The van der Waals surface area contributed by atoms with Crippen LogP contribution in [0.15, 0.2) is 53.4 Å². The van der Waals surface area contributed by atoms with Crippen LogP contribution in [-0.2, 0) is 9.59 Å². The lowest BCUT2D eigenvalue weighted by Gasteiger charge is -2.44. The number of fused-ring (bicyclic) bond motifs is 1. The number of hydrogen-bond donors (Lipinski definition) is 1. The zero-order chi connectivity index (χ0) is 28.1. The number of para-hydroxylation sites is 1. The molecule has 1 saturated carbocycles. The maximum atomic E-state index is 14.1. The van der Waals surface area contributed by atoms with Gasteiger partial charge in [-0.2, -0.15) is 0 Å². The van der Waals surface area contributed by atoms with Crippen LogP contribution in [0.25, 0.3) is 6.08 Å². The average molecular weight is 567 g/mol. The maximum Gasteiger partial charge on any atom is 0.260 e. The molecule has 0 radical (unpaired) electrons. The average Bonchev–Trinajstić information content (AvgIpc) is 2.99. The van der Waals surface area contributed by atoms with Gasteiger partial charge in [-0.1, -0.05) is 24.3 Å². The Morgan fingerprint density at radius 1 is 1.10 bits per heavy atom. The highest BCUT2D eigenvalue weighted by Gasteiger charge is 2.42. The van der Waals surface area contributed by atoms with Crippen molar-refractivity contribution >= 4 is 35.3 Å². The molecule has 2 heterocycles. The predicted molar refractivity (Wildman–Crippen MR) is 159 cm³/mol. The van der Waals surface area contributed by atoms with Gasteiger partial charge in [0.05, 0.1) is 17.7 Å². The molecule has 0 aromatic heterocycles. The number of rotatable bonds is 8. The van der Waals surface area contributed by atoms with Gasteiger partial charge in [0.1, 0.15) is 11.6 Å². The third-order valence-corrected chi connectivity index (χ3v) is 9.76. The van der Waals surface area contributed by atoms with Crippen molar-refractivity contribution in [1.82, 2.24) is 15.1 Å². The summed E-state index contributed by atoms with van der Waals surface area (Å²) in [7, 11) is 3.51. The lowest BCUT2D eigenvalue weighted by molar-refractivity contribution is -0.131. The van der Waals surface area contributed by atoms with Gasteiger partial charge < -0.3 is 19.9 Å². The van der Waals surface area contributed by atoms with Gasteiger partial charge in [0.15, 0.2) is 0 Å². The molecule has 1 aliphatic carbocycles. The number of methoxy groups -OCH3 is 1. The molecule has 2 aliphatic heterocycles. The molecular weight excluding hydrogens is 527 g/mol. The van der Waals surface area contributed by atoms with E-state index in [0.717, 1.165) is 68.2 Å². The van der Waals surface area contributed by atoms with Crippen LogP contribution < -0.4 is 15.0 Å². The number of piperazine rings is 1. The first-order valence-electron chi connectivity index (χ1n) is 14.2. The Hall–Kier alpha value is -3.04. The number of benzene rings is 2. The number of carbonyl (C=O) groups excluding carboxylic acids is 2. The summed E-state index contributed by atoms with van der Waals surface area (Å²) in [6, 6.07) is 14.7. The van der Waals surface area contributed by atoms with Crippen molar-refractivity contribution in [2.45, 2.75) is 37.0 Å². The third-order valence-electron chi connectivity index (χ3n) is 8.36. The minimum Gasteiger partial charge on any atom is -0.497 e. The number of anilines is 1. The van der Waals surface area contributed by atoms with Gasteiger partial charge in [0, 0.05) is 57.0 Å². The molecule has 5 rings (SSSR count). The summed E-state index contributed by atoms with van der Waals surface area (Å²) in [4.78, 5) is 33.2. The molecule has 0 spiro atoms. The number of likely N-dealkylation sites (N-methyl/N-ethyl adjacent to an activating group) is 1. The van der Waals surface area contributed by atoms with Crippen molar-refractivity contribution in [3.63, 3.8) is 0 Å². The highest BCUT2D eigenvalue weighted by molar-refractivity contribution is 8.04. The van der Waals surface area contributed by atoms with Crippen LogP contribution in [0.4, 0.5) is 10.1 Å². The van der Waals surface area contributed by atoms with Gasteiger partial charge >= 0.3 is 0 Å². The summed E-state index contributed by atoms with van der Waals surface area (Å²) >= 11 is 1.66. The van der Waals surface area contributed by atoms with Crippen LogP contribution in [0.1, 0.15) is 31.2 Å². The molecule has 2 aromatic carbocycles. The first-order chi connectivity index (χ1) is 19.4. The highest BCUT2D eigenvalue weighted by Crippen LogP contribution is 2.43. The van der Waals surface area contributed by atoms with Crippen LogP contribution >= 0.6 is 11.8 Å². The van der Waals surface area contributed by atoms with Gasteiger partial charge in [-0.15, -0.1) is 11.8 Å². The standard InChI is InChI=1S/C31H39FN4O3S/c1-34-27-21-23(10-13-28(27)40-29(31(34)38)20-22-8-11-24(39-2)12-9-22)30(37)33-14-5-15-35-16-18-36(19-17-35)26-7-4-3-6-25(26)32/h3-4,6-9,11-12,20,23,27-28H,5,10,13-19,21H2,1-2H3,(H,33,37)/b29-20-. The number of amides is 2. The Morgan fingerprint density at radius 3 is 2.58 bits per heavy atom. The van der Waals surface area contributed by atoms with Crippen molar-refractivity contribution in [2.75, 3.05) is 58.3 Å². The van der Waals surface area contributed by atoms with Gasteiger partial charge in [-0.25, -0.2) is 4.39 Å². The molecule has 2 saturated heterocycles. The zero-order valence-electron chi connectivity index (χ0n) is 23.4. The molecule has 214 valence electrons. The van der Waals surface area contributed by atoms with E-state index in [0.29, 0.717) is 23.9 Å². The largest absolute Gasteiger partial charge is 0.497 e. The first kappa shape index (κ1) is 28.5. The monoisotopic (exact) mass is 566 g/mol. The molecule has 7 nitrogen and oxygen atoms in total. The van der Waals surface area contributed by atoms with Gasteiger partial charge in [0.2, 0.25) is 5.91 Å². The van der Waals surface area contributed by atoms with E-state index in [2.05, 4.69) is 15.1 Å². The van der Waals surface area contributed by atoms with E-state index in [1.54, 1.807) is 24.9 Å². The number of nitrogens with one attached hydrogen (secondary N) is 1. The van der Waals surface area contributed by atoms with Crippen molar-refractivity contribution in [2.24, 2.45) is 5.92 Å². The first-order valence-corrected chi connectivity index (χ1v) is 15.1. The number of hydrogen-bond acceptors (Lipinski definition) is 6. The predicted octanol–water partition coefficient (Wildman–Crippen LogP) is 4.25. The van der Waals surface area contributed by atoms with E-state index in [-0.39, 0.29) is 29.6 Å². The highest BCUT2D eigenvalue weighted by atomic mass is 32.2. The zero-order valence-corrected chi connectivity index (χ0v) is 24.2. The van der Waals surface area contributed by atoms with Gasteiger partial charge in [-0.05, 0) is 68.1 Å². The fraction of sp³-hybridized carbons (Fsp3) is 0.484. The lowest BCUT2D eigenvalue weighted by Crippen LogP contribution is -2.52. The summed E-state index contributed by atoms with van der Waals surface area (Å²) in [6.07, 6.45) is 5.31. The summed E-state index contributed by atoms with van der Waals surface area (Å²) in [5.74, 6) is 0.693. The number of halogens is 1. The topological polar surface area (TPSA) is 65.1 Å². The summed E-state index contributed by atoms with van der Waals surface area (Å²) in [6.45, 7) is 4.95. The second-order valence-electron chi connectivity index (χ2n) is 10.9. The summed E-state index contributed by atoms with van der Waals surface area (Å²) in [5.41, 5.74) is 1.65. The van der Waals surface area contributed by atoms with Crippen molar-refractivity contribution in [3.05, 3.63) is 64.8 Å². The van der Waals surface area contributed by atoms with Crippen molar-refractivity contribution < 1.29 is 18.7 Å². The SMILES string of the molecule is COc1ccc(/C=C2\SC3CCC(C(=O)NCCCN4CCN(c5ccccc5F)CC4)CC3N(C)C2=O)cc1. The Balaban J connectivity index is 1.04. The van der Waals surface area contributed by atoms with Crippen LogP contribution in [0.2, 0.25) is 0 Å². The maximum absolute atomic E-state index is 14.1. The fourth-order valence-electron chi connectivity index (χ4n) is 5.97. The molecule has 0 bridgehead atoms. The minimum absolute atomic E-state index is 0.0261. The Bertz CT molecular complexity index is 1220. The number of nitrogens with zero attached hydrogens (tertiary/aromatic N) is 3. The van der Waals surface area contributed by atoms with E-state index in [1.807, 2.05) is 54.4 Å². The van der Waals surface area contributed by atoms with E-state index >= 15 is 0 Å². The smallest absolute Gasteiger partial charge is 0.260 e. The van der Waals surface area contributed by atoms with Gasteiger partial charge in [-0.3, -0.25) is 14.5 Å². The molecule has 2 aromatic rings. The summed E-state index contributed by atoms with van der Waals surface area (Å²) in [5, 5.41) is 3.45. The van der Waals surface area contributed by atoms with Crippen LogP contribution in [0.5, 0.6) is 5.75 Å². The van der Waals surface area contributed by atoms with E-state index in [4.69, 9.17) is 4.74 Å². The fourth-order valence-corrected chi connectivity index (χ4v) is 7.45. The van der Waals surface area contributed by atoms with Crippen molar-refractivity contribution in [1.29, 1.82) is 0 Å². The minimum atomic E-state index is -0.166. The van der Waals surface area contributed by atoms with E-state index in [9.17, 15) is 14.0 Å². The molecule has 3 atom stereocenters. The Morgan fingerprint density at radius 2 is 1.85 bits per heavy atom. The Labute approximate surface area is 240 Å². The second-order valence-corrected chi connectivity index (χ2v) is 12.1.